The molecule has 0 unspecified atom stereocenters. The summed E-state index contributed by atoms with van der Waals surface area (Å²) >= 11 is 0.938. The molecule has 4 aromatic rings. The molecule has 0 spiro atoms. The van der Waals surface area contributed by atoms with E-state index in [0.29, 0.717) is 21.3 Å². The van der Waals surface area contributed by atoms with E-state index in [2.05, 4.69) is 20.0 Å². The molecular formula is C19H12F3N3O3S. The molecule has 0 saturated carbocycles. The molecule has 0 saturated heterocycles. The van der Waals surface area contributed by atoms with Crippen molar-refractivity contribution in [2.24, 2.45) is 0 Å². The van der Waals surface area contributed by atoms with Crippen molar-refractivity contribution in [1.29, 1.82) is 0 Å². The van der Waals surface area contributed by atoms with Crippen LogP contribution in [0, 0.1) is 6.92 Å². The van der Waals surface area contributed by atoms with Crippen LogP contribution in [0.3, 0.4) is 0 Å². The molecule has 4 rings (SSSR count). The number of para-hydroxylation sites is 1. The third-order valence-corrected chi connectivity index (χ3v) is 5.07. The lowest BCUT2D eigenvalue weighted by atomic mass is 10.1. The second-order valence-corrected chi connectivity index (χ2v) is 7.18. The topological polar surface area (TPSA) is 84.1 Å². The molecule has 0 aliphatic heterocycles. The van der Waals surface area contributed by atoms with Crippen molar-refractivity contribution in [2.75, 3.05) is 5.32 Å². The van der Waals surface area contributed by atoms with Crippen molar-refractivity contribution in [1.82, 2.24) is 9.97 Å². The molecule has 0 aliphatic rings. The van der Waals surface area contributed by atoms with E-state index in [-0.39, 0.29) is 10.7 Å². The van der Waals surface area contributed by atoms with Gasteiger partial charge in [-0.2, -0.15) is 0 Å². The van der Waals surface area contributed by atoms with Gasteiger partial charge in [0.2, 0.25) is 0 Å². The Labute approximate surface area is 165 Å². The van der Waals surface area contributed by atoms with Crippen LogP contribution in [0.25, 0.3) is 21.1 Å². The summed E-state index contributed by atoms with van der Waals surface area (Å²) in [5.74, 6) is -2.01. The van der Waals surface area contributed by atoms with E-state index < -0.39 is 23.8 Å². The number of thiazole rings is 1. The summed E-state index contributed by atoms with van der Waals surface area (Å²) < 4.78 is 41.3. The summed E-state index contributed by atoms with van der Waals surface area (Å²) in [5.41, 5.74) is 1.93. The molecule has 6 nitrogen and oxygen atoms in total. The van der Waals surface area contributed by atoms with E-state index in [9.17, 15) is 22.8 Å². The van der Waals surface area contributed by atoms with E-state index in [1.54, 1.807) is 25.1 Å². The first-order chi connectivity index (χ1) is 13.7. The van der Waals surface area contributed by atoms with Crippen LogP contribution in [0.2, 0.25) is 0 Å². The van der Waals surface area contributed by atoms with Gasteiger partial charge in [0.15, 0.2) is 5.13 Å². The lowest BCUT2D eigenvalue weighted by Gasteiger charge is -2.07. The molecule has 10 heteroatoms. The minimum absolute atomic E-state index is 0.0972. The number of nitrogens with zero attached hydrogens (tertiary/aromatic N) is 1. The van der Waals surface area contributed by atoms with Gasteiger partial charge >= 0.3 is 6.36 Å². The van der Waals surface area contributed by atoms with E-state index in [0.717, 1.165) is 22.9 Å². The smallest absolute Gasteiger partial charge is 0.406 e. The van der Waals surface area contributed by atoms with Crippen LogP contribution in [-0.4, -0.2) is 28.0 Å². The average Bonchev–Trinajstić information content (AvgIpc) is 3.18. The molecule has 2 aromatic carbocycles. The van der Waals surface area contributed by atoms with Gasteiger partial charge in [0.1, 0.15) is 5.75 Å². The van der Waals surface area contributed by atoms with Crippen LogP contribution in [0.1, 0.15) is 16.1 Å². The van der Waals surface area contributed by atoms with Crippen molar-refractivity contribution in [3.05, 3.63) is 53.7 Å². The molecule has 148 valence electrons. The van der Waals surface area contributed by atoms with E-state index in [1.165, 1.54) is 12.1 Å². The van der Waals surface area contributed by atoms with Gasteiger partial charge in [-0.25, -0.2) is 4.98 Å². The minimum atomic E-state index is -4.81. The number of carbonyl (C=O) groups excluding carboxylic acids is 2. The number of anilines is 1. The van der Waals surface area contributed by atoms with Gasteiger partial charge in [-0.05, 0) is 25.1 Å². The quantitative estimate of drug-likeness (QED) is 0.367. The molecular weight excluding hydrogens is 407 g/mol. The predicted molar refractivity (Wildman–Crippen MR) is 102 cm³/mol. The van der Waals surface area contributed by atoms with Crippen LogP contribution in [0.5, 0.6) is 5.75 Å². The molecule has 0 bridgehead atoms. The Kier molecular flexibility index (Phi) is 4.50. The number of benzene rings is 2. The van der Waals surface area contributed by atoms with Gasteiger partial charge in [-0.15, -0.1) is 13.2 Å². The van der Waals surface area contributed by atoms with Crippen LogP contribution in [0.15, 0.2) is 42.5 Å². The number of hydrogen-bond acceptors (Lipinski definition) is 5. The second-order valence-electron chi connectivity index (χ2n) is 6.15. The first kappa shape index (κ1) is 18.9. The van der Waals surface area contributed by atoms with Crippen molar-refractivity contribution in [2.45, 2.75) is 13.3 Å². The number of nitrogens with one attached hydrogen (secondary N) is 2. The fourth-order valence-corrected chi connectivity index (χ4v) is 3.88. The first-order valence-electron chi connectivity index (χ1n) is 8.30. The fraction of sp³-hybridized carbons (Fsp3) is 0.105. The molecule has 2 aromatic heterocycles. The fourth-order valence-electron chi connectivity index (χ4n) is 2.99. The highest BCUT2D eigenvalue weighted by Crippen LogP contribution is 2.32. The number of alkyl halides is 3. The predicted octanol–water partition coefficient (Wildman–Crippen LogP) is 4.81. The zero-order chi connectivity index (χ0) is 20.8. The summed E-state index contributed by atoms with van der Waals surface area (Å²) in [6, 6.07) is 10.7. The summed E-state index contributed by atoms with van der Waals surface area (Å²) in [4.78, 5) is 32.3. The molecule has 0 radical (unpaired) electrons. The number of fused-ring (bicyclic) bond motifs is 2. The third-order valence-electron chi connectivity index (χ3n) is 4.14. The Morgan fingerprint density at radius 2 is 1.93 bits per heavy atom. The zero-order valence-corrected chi connectivity index (χ0v) is 15.6. The first-order valence-corrected chi connectivity index (χ1v) is 9.12. The number of amides is 1. The third kappa shape index (κ3) is 3.79. The lowest BCUT2D eigenvalue weighted by Crippen LogP contribution is -2.23. The van der Waals surface area contributed by atoms with Crippen molar-refractivity contribution >= 4 is 49.3 Å². The van der Waals surface area contributed by atoms with Crippen molar-refractivity contribution < 1.29 is 27.5 Å². The Morgan fingerprint density at radius 1 is 1.17 bits per heavy atom. The summed E-state index contributed by atoms with van der Waals surface area (Å²) in [6.07, 6.45) is -4.81. The lowest BCUT2D eigenvalue weighted by molar-refractivity contribution is -0.274. The monoisotopic (exact) mass is 419 g/mol. The Bertz CT molecular complexity index is 1260. The van der Waals surface area contributed by atoms with E-state index in [4.69, 9.17) is 0 Å². The second kappa shape index (κ2) is 6.89. The van der Waals surface area contributed by atoms with Crippen LogP contribution in [-0.2, 0) is 4.79 Å². The van der Waals surface area contributed by atoms with Gasteiger partial charge in [-0.1, -0.05) is 29.5 Å². The van der Waals surface area contributed by atoms with E-state index >= 15 is 0 Å². The molecule has 2 N–H and O–H groups in total. The van der Waals surface area contributed by atoms with Crippen LogP contribution >= 0.6 is 11.3 Å². The molecule has 0 fully saturated rings. The van der Waals surface area contributed by atoms with E-state index in [1.807, 2.05) is 6.07 Å². The highest BCUT2D eigenvalue weighted by atomic mass is 32.1. The number of aryl methyl sites for hydroxylation is 1. The Hall–Kier alpha value is -3.40. The standard InChI is InChI=1S/C19H12F3N3O3S/c1-9-15(11-4-2-3-5-12(11)23-9)16(26)17(27)25-18-24-13-7-6-10(8-14(13)29-18)28-19(20,21)22/h2-8,23H,1H3,(H,24,25,27). The number of carbonyl (C=O) groups is 2. The maximum atomic E-state index is 12.7. The number of Topliss-reactive ketones (excluding diaryl/α,β-unsaturated/α-hetero) is 1. The zero-order valence-electron chi connectivity index (χ0n) is 14.8. The van der Waals surface area contributed by atoms with Gasteiger partial charge in [0.25, 0.3) is 11.7 Å². The minimum Gasteiger partial charge on any atom is -0.406 e. The molecule has 2 heterocycles. The van der Waals surface area contributed by atoms with Crippen molar-refractivity contribution in [3.8, 4) is 5.75 Å². The highest BCUT2D eigenvalue weighted by molar-refractivity contribution is 7.22. The van der Waals surface area contributed by atoms with Gasteiger partial charge < -0.3 is 9.72 Å². The number of ketones is 1. The largest absolute Gasteiger partial charge is 0.573 e. The van der Waals surface area contributed by atoms with Crippen molar-refractivity contribution in [3.63, 3.8) is 0 Å². The normalized spacial score (nSPS) is 11.7. The number of hydrogen-bond donors (Lipinski definition) is 2. The molecule has 29 heavy (non-hydrogen) atoms. The Morgan fingerprint density at radius 3 is 2.69 bits per heavy atom. The Balaban J connectivity index is 1.58. The molecule has 1 amide bonds. The van der Waals surface area contributed by atoms with Gasteiger partial charge in [0, 0.05) is 22.7 Å². The number of H-pyrrole nitrogens is 1. The van der Waals surface area contributed by atoms with Crippen LogP contribution in [0.4, 0.5) is 18.3 Å². The van der Waals surface area contributed by atoms with Crippen LogP contribution < -0.4 is 10.1 Å². The SMILES string of the molecule is Cc1[nH]c2ccccc2c1C(=O)C(=O)Nc1nc2ccc(OC(F)(F)F)cc2s1. The van der Waals surface area contributed by atoms with Gasteiger partial charge in [0.05, 0.1) is 15.8 Å². The number of ether oxygens (including phenoxy) is 1. The maximum absolute atomic E-state index is 12.7. The van der Waals surface area contributed by atoms with Gasteiger partial charge in [-0.3, -0.25) is 14.9 Å². The number of rotatable bonds is 4. The highest BCUT2D eigenvalue weighted by Gasteiger charge is 2.31. The molecule has 0 atom stereocenters. The molecule has 0 aliphatic carbocycles. The summed E-state index contributed by atoms with van der Waals surface area (Å²) in [7, 11) is 0. The average molecular weight is 419 g/mol. The summed E-state index contributed by atoms with van der Waals surface area (Å²) in [5, 5.41) is 3.15. The number of aromatic amines is 1. The number of halogens is 3. The summed E-state index contributed by atoms with van der Waals surface area (Å²) in [6.45, 7) is 1.69. The maximum Gasteiger partial charge on any atom is 0.573 e. The number of aromatic nitrogens is 2.